The van der Waals surface area contributed by atoms with Crippen molar-refractivity contribution in [2.24, 2.45) is 35.5 Å². The molecule has 10 atom stereocenters. The summed E-state index contributed by atoms with van der Waals surface area (Å²) in [6.45, 7) is 4.03. The third kappa shape index (κ3) is 8.09. The Morgan fingerprint density at radius 2 is 1.00 bits per heavy atom. The van der Waals surface area contributed by atoms with E-state index in [0.29, 0.717) is 23.7 Å². The Hall–Kier alpha value is 1.00. The third-order valence-corrected chi connectivity index (χ3v) is 12.4. The summed E-state index contributed by atoms with van der Waals surface area (Å²) in [7, 11) is 0. The van der Waals surface area contributed by atoms with Gasteiger partial charge >= 0.3 is 0 Å². The number of unbranched alkanes of at least 4 members (excludes halogenated alkanes) is 2. The number of aliphatic hydroxyl groups excluding tert-OH is 4. The zero-order valence-electron chi connectivity index (χ0n) is 23.4. The predicted octanol–water partition coefficient (Wildman–Crippen LogP) is 7.80. The summed E-state index contributed by atoms with van der Waals surface area (Å²) < 4.78 is -1.87. The van der Waals surface area contributed by atoms with E-state index in [9.17, 15) is 20.4 Å². The van der Waals surface area contributed by atoms with Gasteiger partial charge in [0.05, 0.1) is 24.4 Å². The van der Waals surface area contributed by atoms with E-state index in [1.165, 1.54) is 12.8 Å². The fraction of sp³-hybridized carbons (Fsp3) is 1.00. The van der Waals surface area contributed by atoms with Gasteiger partial charge in [0.25, 0.3) is 0 Å². The molecule has 0 aromatic heterocycles. The Morgan fingerprint density at radius 1 is 0.632 bits per heavy atom. The number of hydrogen-bond acceptors (Lipinski definition) is 4. The molecule has 4 nitrogen and oxygen atoms in total. The molecule has 0 aromatic carbocycles. The highest BCUT2D eigenvalue weighted by Gasteiger charge is 2.58. The van der Waals surface area contributed by atoms with Crippen LogP contribution in [-0.2, 0) is 0 Å². The first-order valence-corrected chi connectivity index (χ1v) is 16.9. The van der Waals surface area contributed by atoms with Gasteiger partial charge in [0.1, 0.15) is 8.67 Å². The van der Waals surface area contributed by atoms with Crippen LogP contribution in [0.3, 0.4) is 0 Å². The van der Waals surface area contributed by atoms with Crippen LogP contribution in [0.1, 0.15) is 117 Å². The van der Waals surface area contributed by atoms with Crippen LogP contribution in [0.4, 0.5) is 0 Å². The van der Waals surface area contributed by atoms with Gasteiger partial charge in [0, 0.05) is 11.8 Å². The van der Waals surface area contributed by atoms with Crippen LogP contribution >= 0.6 is 46.4 Å². The molecule has 4 aliphatic carbocycles. The Balaban J connectivity index is 0.000000211. The molecule has 4 aliphatic rings. The molecule has 0 aromatic rings. The van der Waals surface area contributed by atoms with Crippen molar-refractivity contribution >= 4 is 46.4 Å². The van der Waals surface area contributed by atoms with Gasteiger partial charge < -0.3 is 20.4 Å². The third-order valence-electron chi connectivity index (χ3n) is 10.3. The number of alkyl halides is 4. The molecule has 38 heavy (non-hydrogen) atoms. The number of aliphatic hydroxyl groups is 4. The van der Waals surface area contributed by atoms with Crippen molar-refractivity contribution in [2.45, 2.75) is 150 Å². The van der Waals surface area contributed by atoms with Crippen molar-refractivity contribution in [3.8, 4) is 0 Å². The smallest absolute Gasteiger partial charge is 0.147 e. The number of rotatable bonds is 12. The SMILES string of the molecule is CCC(O)CCCCC1CCC2CC(O)C(Cl)(Cl)C12.CCC(O)CCCCC1CCC2CC(O)C(Cl)(Cl)C12. The molecule has 4 rings (SSSR count). The second kappa shape index (κ2) is 14.9. The highest BCUT2D eigenvalue weighted by atomic mass is 35.5. The number of hydrogen-bond donors (Lipinski definition) is 4. The average Bonchev–Trinajstić information content (AvgIpc) is 3.58. The molecular formula is C30H52Cl4O4. The second-order valence-corrected chi connectivity index (χ2v) is 15.7. The van der Waals surface area contributed by atoms with Crippen LogP contribution in [0.2, 0.25) is 0 Å². The Bertz CT molecular complexity index is 650. The molecule has 4 fully saturated rings. The molecule has 0 aliphatic heterocycles. The van der Waals surface area contributed by atoms with Gasteiger partial charge in [-0.15, -0.1) is 0 Å². The molecule has 0 radical (unpaired) electrons. The summed E-state index contributed by atoms with van der Waals surface area (Å²) in [4.78, 5) is 0. The van der Waals surface area contributed by atoms with Gasteiger partial charge in [-0.1, -0.05) is 98.8 Å². The normalized spacial score (nSPS) is 38.4. The lowest BCUT2D eigenvalue weighted by molar-refractivity contribution is 0.150. The maximum absolute atomic E-state index is 9.96. The zero-order chi connectivity index (χ0) is 28.1. The summed E-state index contributed by atoms with van der Waals surface area (Å²) in [5.74, 6) is 2.66. The lowest BCUT2D eigenvalue weighted by Crippen LogP contribution is -2.34. The van der Waals surface area contributed by atoms with Crippen molar-refractivity contribution in [2.75, 3.05) is 0 Å². The molecule has 0 amide bonds. The first-order chi connectivity index (χ1) is 17.9. The van der Waals surface area contributed by atoms with Crippen LogP contribution in [0.15, 0.2) is 0 Å². The molecule has 0 saturated heterocycles. The number of fused-ring (bicyclic) bond motifs is 2. The van der Waals surface area contributed by atoms with E-state index in [4.69, 9.17) is 46.4 Å². The minimum Gasteiger partial charge on any atom is -0.393 e. The molecule has 0 bridgehead atoms. The Kier molecular flexibility index (Phi) is 13.2. The van der Waals surface area contributed by atoms with Crippen molar-refractivity contribution in [1.82, 2.24) is 0 Å². The molecular weight excluding hydrogens is 566 g/mol. The van der Waals surface area contributed by atoms with Crippen molar-refractivity contribution < 1.29 is 20.4 Å². The first-order valence-electron chi connectivity index (χ1n) is 15.4. The summed E-state index contributed by atoms with van der Waals surface area (Å²) in [5.41, 5.74) is 0. The molecule has 4 N–H and O–H groups in total. The van der Waals surface area contributed by atoms with Gasteiger partial charge in [-0.3, -0.25) is 0 Å². The lowest BCUT2D eigenvalue weighted by atomic mass is 9.87. The van der Waals surface area contributed by atoms with Gasteiger partial charge in [0.2, 0.25) is 0 Å². The zero-order valence-corrected chi connectivity index (χ0v) is 26.4. The van der Waals surface area contributed by atoms with Crippen LogP contribution in [0.5, 0.6) is 0 Å². The second-order valence-electron chi connectivity index (χ2n) is 12.8. The Labute approximate surface area is 251 Å². The van der Waals surface area contributed by atoms with Crippen molar-refractivity contribution in [3.05, 3.63) is 0 Å². The van der Waals surface area contributed by atoms with Gasteiger partial charge in [-0.25, -0.2) is 0 Å². The first kappa shape index (κ1) is 33.5. The summed E-state index contributed by atoms with van der Waals surface area (Å²) in [5, 5.41) is 39.0. The van der Waals surface area contributed by atoms with Crippen molar-refractivity contribution in [1.29, 1.82) is 0 Å². The monoisotopic (exact) mass is 616 g/mol. The molecule has 0 spiro atoms. The Morgan fingerprint density at radius 3 is 1.34 bits per heavy atom. The van der Waals surface area contributed by atoms with Gasteiger partial charge in [-0.2, -0.15) is 0 Å². The standard InChI is InChI=1S/2C15H26Cl2O2/c2*1-2-12(18)6-4-3-5-10-7-8-11-9-13(19)15(16,17)14(10)11/h2*10-14,18-19H,2-9H2,1H3. The summed E-state index contributed by atoms with van der Waals surface area (Å²) in [6.07, 6.45) is 15.0. The maximum atomic E-state index is 9.96. The van der Waals surface area contributed by atoms with Gasteiger partial charge in [-0.05, 0) is 87.9 Å². The van der Waals surface area contributed by atoms with E-state index in [1.54, 1.807) is 0 Å². The average molecular weight is 619 g/mol. The maximum Gasteiger partial charge on any atom is 0.147 e. The van der Waals surface area contributed by atoms with E-state index in [2.05, 4.69) is 0 Å². The summed E-state index contributed by atoms with van der Waals surface area (Å²) >= 11 is 25.5. The topological polar surface area (TPSA) is 80.9 Å². The van der Waals surface area contributed by atoms with Gasteiger partial charge in [0.15, 0.2) is 0 Å². The molecule has 10 unspecified atom stereocenters. The minimum atomic E-state index is -0.936. The fourth-order valence-electron chi connectivity index (χ4n) is 8.09. The molecule has 0 heterocycles. The highest BCUT2D eigenvalue weighted by Crippen LogP contribution is 2.59. The quantitative estimate of drug-likeness (QED) is 0.133. The van der Waals surface area contributed by atoms with E-state index < -0.39 is 20.9 Å². The predicted molar refractivity (Wildman–Crippen MR) is 159 cm³/mol. The van der Waals surface area contributed by atoms with E-state index >= 15 is 0 Å². The highest BCUT2D eigenvalue weighted by molar-refractivity contribution is 6.49. The molecule has 4 saturated carbocycles. The van der Waals surface area contributed by atoms with Crippen LogP contribution < -0.4 is 0 Å². The minimum absolute atomic E-state index is 0.148. The largest absolute Gasteiger partial charge is 0.393 e. The van der Waals surface area contributed by atoms with Crippen LogP contribution in [0, 0.1) is 35.5 Å². The van der Waals surface area contributed by atoms with E-state index in [-0.39, 0.29) is 24.0 Å². The lowest BCUT2D eigenvalue weighted by Gasteiger charge is -2.29. The van der Waals surface area contributed by atoms with E-state index in [1.807, 2.05) is 13.8 Å². The van der Waals surface area contributed by atoms with E-state index in [0.717, 1.165) is 89.9 Å². The molecule has 224 valence electrons. The fourth-order valence-corrected chi connectivity index (χ4v) is 9.87. The van der Waals surface area contributed by atoms with Crippen LogP contribution in [0.25, 0.3) is 0 Å². The number of halogens is 4. The molecule has 8 heteroatoms. The van der Waals surface area contributed by atoms with Crippen LogP contribution in [-0.4, -0.2) is 53.5 Å². The van der Waals surface area contributed by atoms with Crippen molar-refractivity contribution in [3.63, 3.8) is 0 Å². The summed E-state index contributed by atoms with van der Waals surface area (Å²) in [6, 6.07) is 0.